The number of para-hydroxylation sites is 1. The highest BCUT2D eigenvalue weighted by atomic mass is 32.2. The first-order valence-corrected chi connectivity index (χ1v) is 12.8. The highest BCUT2D eigenvalue weighted by Crippen LogP contribution is 2.28. The van der Waals surface area contributed by atoms with Crippen molar-refractivity contribution in [1.82, 2.24) is 35.0 Å². The Morgan fingerprint density at radius 3 is 2.72 bits per heavy atom. The molecule has 39 heavy (non-hydrogen) atoms. The molecule has 1 amide bonds. The molecule has 0 saturated carbocycles. The minimum atomic E-state index is -0.287. The lowest BCUT2D eigenvalue weighted by Gasteiger charge is -2.11. The summed E-state index contributed by atoms with van der Waals surface area (Å²) in [5, 5.41) is 17.5. The number of thioether (sulfide) groups is 1. The van der Waals surface area contributed by atoms with E-state index in [9.17, 15) is 4.79 Å². The van der Waals surface area contributed by atoms with Gasteiger partial charge in [-0.2, -0.15) is 10.2 Å². The van der Waals surface area contributed by atoms with Gasteiger partial charge in [0.05, 0.1) is 19.1 Å². The molecule has 5 rings (SSSR count). The van der Waals surface area contributed by atoms with E-state index in [2.05, 4.69) is 30.8 Å². The number of carbonyl (C=O) groups is 1. The predicted octanol–water partition coefficient (Wildman–Crippen LogP) is 3.81. The normalized spacial score (nSPS) is 11.0. The first kappa shape index (κ1) is 25.7. The number of nitrogens with zero attached hydrogens (tertiary/aromatic N) is 7. The summed E-state index contributed by atoms with van der Waals surface area (Å²) in [5.41, 5.74) is 4.99. The molecule has 12 heteroatoms. The molecule has 3 aromatic heterocycles. The van der Waals surface area contributed by atoms with Gasteiger partial charge < -0.3 is 9.47 Å². The maximum atomic E-state index is 12.6. The molecular weight excluding hydrogens is 516 g/mol. The Morgan fingerprint density at radius 2 is 1.95 bits per heavy atom. The molecule has 5 aromatic rings. The minimum absolute atomic E-state index is 0.0934. The molecule has 0 atom stereocenters. The van der Waals surface area contributed by atoms with Gasteiger partial charge in [-0.25, -0.2) is 10.1 Å². The minimum Gasteiger partial charge on any atom is -0.493 e. The Hall–Kier alpha value is -4.97. The zero-order chi connectivity index (χ0) is 26.9. The monoisotopic (exact) mass is 540 g/mol. The number of pyridine rings is 1. The topological polar surface area (TPSA) is 121 Å². The molecule has 0 saturated heterocycles. The number of hydrogen-bond acceptors (Lipinski definition) is 9. The van der Waals surface area contributed by atoms with Gasteiger partial charge in [0.25, 0.3) is 5.91 Å². The lowest BCUT2D eigenvalue weighted by molar-refractivity contribution is -0.118. The molecule has 0 aliphatic carbocycles. The third-order valence-electron chi connectivity index (χ3n) is 5.40. The molecule has 2 aromatic carbocycles. The second-order valence-electron chi connectivity index (χ2n) is 8.03. The fraction of sp³-hybridized carbons (Fsp3) is 0.111. The molecule has 1 N–H and O–H groups in total. The molecule has 0 aliphatic heterocycles. The van der Waals surface area contributed by atoms with Gasteiger partial charge in [0.2, 0.25) is 0 Å². The van der Waals surface area contributed by atoms with Crippen LogP contribution in [0.4, 0.5) is 0 Å². The number of ether oxygens (including phenoxy) is 2. The SMILES string of the molecule is COc1ccc(/C=N/NC(=O)CSc2nnc(-c3cccnc3)n2-c2ccccc2)cc1OCn1cccn1. The van der Waals surface area contributed by atoms with Crippen molar-refractivity contribution in [1.29, 1.82) is 0 Å². The van der Waals surface area contributed by atoms with Crippen LogP contribution >= 0.6 is 11.8 Å². The lowest BCUT2D eigenvalue weighted by Crippen LogP contribution is -2.20. The van der Waals surface area contributed by atoms with Crippen molar-refractivity contribution in [3.05, 3.63) is 97.1 Å². The van der Waals surface area contributed by atoms with Gasteiger partial charge in [-0.15, -0.1) is 10.2 Å². The quantitative estimate of drug-likeness (QED) is 0.153. The number of hydrogen-bond donors (Lipinski definition) is 1. The average molecular weight is 541 g/mol. The summed E-state index contributed by atoms with van der Waals surface area (Å²) in [4.78, 5) is 16.8. The largest absolute Gasteiger partial charge is 0.493 e. The van der Waals surface area contributed by atoms with E-state index >= 15 is 0 Å². The fourth-order valence-electron chi connectivity index (χ4n) is 3.60. The summed E-state index contributed by atoms with van der Waals surface area (Å²) >= 11 is 1.26. The van der Waals surface area contributed by atoms with E-state index in [0.717, 1.165) is 16.8 Å². The van der Waals surface area contributed by atoms with Crippen LogP contribution in [0.15, 0.2) is 102 Å². The van der Waals surface area contributed by atoms with Crippen LogP contribution in [-0.4, -0.2) is 54.5 Å². The van der Waals surface area contributed by atoms with Crippen molar-refractivity contribution in [2.75, 3.05) is 12.9 Å². The van der Waals surface area contributed by atoms with Gasteiger partial charge in [0, 0.05) is 36.0 Å². The fourth-order valence-corrected chi connectivity index (χ4v) is 4.34. The Balaban J connectivity index is 1.23. The molecule has 0 bridgehead atoms. The highest BCUT2D eigenvalue weighted by Gasteiger charge is 2.17. The Labute approximate surface area is 228 Å². The number of hydrazone groups is 1. The molecule has 0 aliphatic rings. The van der Waals surface area contributed by atoms with Crippen molar-refractivity contribution in [3.8, 4) is 28.6 Å². The summed E-state index contributed by atoms with van der Waals surface area (Å²) in [5.74, 6) is 1.55. The summed E-state index contributed by atoms with van der Waals surface area (Å²) < 4.78 is 14.7. The van der Waals surface area contributed by atoms with E-state index in [1.54, 1.807) is 48.7 Å². The maximum absolute atomic E-state index is 12.6. The van der Waals surface area contributed by atoms with Crippen LogP contribution in [0, 0.1) is 0 Å². The number of amides is 1. The number of carbonyl (C=O) groups excluding carboxylic acids is 1. The van der Waals surface area contributed by atoms with E-state index in [-0.39, 0.29) is 18.4 Å². The molecule has 0 radical (unpaired) electrons. The van der Waals surface area contributed by atoms with Crippen molar-refractivity contribution < 1.29 is 14.3 Å². The summed E-state index contributed by atoms with van der Waals surface area (Å²) in [6, 6.07) is 20.7. The standard InChI is InChI=1S/C27H24N8O3S/c1-37-23-11-10-20(15-24(23)38-19-34-14-6-13-30-34)16-29-31-25(36)18-39-27-33-32-26(21-7-5-12-28-17-21)35(27)22-8-3-2-4-9-22/h2-17H,18-19H2,1H3,(H,31,36)/b29-16+. The maximum Gasteiger partial charge on any atom is 0.250 e. The molecule has 3 heterocycles. The van der Waals surface area contributed by atoms with Crippen LogP contribution in [0.25, 0.3) is 17.1 Å². The number of aromatic nitrogens is 6. The van der Waals surface area contributed by atoms with Gasteiger partial charge in [0.15, 0.2) is 29.2 Å². The highest BCUT2D eigenvalue weighted by molar-refractivity contribution is 7.99. The lowest BCUT2D eigenvalue weighted by atomic mass is 10.2. The molecule has 0 unspecified atom stereocenters. The second-order valence-corrected chi connectivity index (χ2v) is 8.97. The van der Waals surface area contributed by atoms with Crippen LogP contribution in [0.1, 0.15) is 5.56 Å². The zero-order valence-electron chi connectivity index (χ0n) is 20.9. The van der Waals surface area contributed by atoms with E-state index in [0.29, 0.717) is 22.5 Å². The summed E-state index contributed by atoms with van der Waals surface area (Å²) in [6.45, 7) is 0.230. The molecule has 11 nitrogen and oxygen atoms in total. The van der Waals surface area contributed by atoms with Gasteiger partial charge in [-0.3, -0.25) is 14.3 Å². The molecule has 0 fully saturated rings. The first-order chi connectivity index (χ1) is 19.2. The van der Waals surface area contributed by atoms with Crippen LogP contribution in [-0.2, 0) is 11.5 Å². The van der Waals surface area contributed by atoms with Crippen LogP contribution in [0.3, 0.4) is 0 Å². The van der Waals surface area contributed by atoms with Gasteiger partial charge in [-0.05, 0) is 54.1 Å². The van der Waals surface area contributed by atoms with E-state index in [4.69, 9.17) is 9.47 Å². The Kier molecular flexibility index (Phi) is 8.24. The molecule has 0 spiro atoms. The third kappa shape index (κ3) is 6.48. The van der Waals surface area contributed by atoms with Crippen LogP contribution < -0.4 is 14.9 Å². The third-order valence-corrected chi connectivity index (χ3v) is 6.33. The number of methoxy groups -OCH3 is 1. The summed E-state index contributed by atoms with van der Waals surface area (Å²) in [6.07, 6.45) is 8.44. The number of nitrogens with one attached hydrogen (secondary N) is 1. The molecular formula is C27H24N8O3S. The Morgan fingerprint density at radius 1 is 1.05 bits per heavy atom. The number of rotatable bonds is 11. The zero-order valence-corrected chi connectivity index (χ0v) is 21.7. The van der Waals surface area contributed by atoms with Crippen LogP contribution in [0.5, 0.6) is 11.5 Å². The molecule has 196 valence electrons. The van der Waals surface area contributed by atoms with Crippen molar-refractivity contribution in [2.45, 2.75) is 11.9 Å². The smallest absolute Gasteiger partial charge is 0.250 e. The van der Waals surface area contributed by atoms with Gasteiger partial charge >= 0.3 is 0 Å². The van der Waals surface area contributed by atoms with Gasteiger partial charge in [-0.1, -0.05) is 30.0 Å². The van der Waals surface area contributed by atoms with Crippen molar-refractivity contribution >= 4 is 23.9 Å². The van der Waals surface area contributed by atoms with E-state index in [1.165, 1.54) is 18.0 Å². The predicted molar refractivity (Wildman–Crippen MR) is 147 cm³/mol. The summed E-state index contributed by atoms with van der Waals surface area (Å²) in [7, 11) is 1.57. The first-order valence-electron chi connectivity index (χ1n) is 11.9. The average Bonchev–Trinajstić information content (AvgIpc) is 3.66. The van der Waals surface area contributed by atoms with Crippen LogP contribution in [0.2, 0.25) is 0 Å². The Bertz CT molecular complexity index is 1540. The van der Waals surface area contributed by atoms with E-state index < -0.39 is 0 Å². The second kappa shape index (κ2) is 12.5. The van der Waals surface area contributed by atoms with Crippen molar-refractivity contribution in [2.24, 2.45) is 5.10 Å². The van der Waals surface area contributed by atoms with Gasteiger partial charge in [0.1, 0.15) is 0 Å². The van der Waals surface area contributed by atoms with E-state index in [1.807, 2.05) is 59.2 Å². The van der Waals surface area contributed by atoms with Crippen molar-refractivity contribution in [3.63, 3.8) is 0 Å². The number of benzene rings is 2.